The summed E-state index contributed by atoms with van der Waals surface area (Å²) in [5.41, 5.74) is 4.01. The Morgan fingerprint density at radius 2 is 1.69 bits per heavy atom. The average Bonchev–Trinajstić information content (AvgIpc) is 2.68. The molecule has 5 nitrogen and oxygen atoms in total. The molecule has 1 N–H and O–H groups in total. The first kappa shape index (κ1) is 19.5. The SMILES string of the molecule is Cc1ccc(-c2ccc3c(c2)C(=O)NS(=O)(=O)N3C(C)c2ccccc2)c(Cl)c1. The number of nitrogens with one attached hydrogen (secondary N) is 1. The second-order valence-electron chi connectivity index (χ2n) is 7.03. The summed E-state index contributed by atoms with van der Waals surface area (Å²) in [7, 11) is -4.02. The number of fused-ring (bicyclic) bond motifs is 1. The van der Waals surface area contributed by atoms with Crippen LogP contribution in [0.3, 0.4) is 0 Å². The van der Waals surface area contributed by atoms with E-state index in [-0.39, 0.29) is 5.56 Å². The zero-order valence-corrected chi connectivity index (χ0v) is 17.5. The number of aryl methyl sites for hydroxylation is 1. The number of carbonyl (C=O) groups excluding carboxylic acids is 1. The van der Waals surface area contributed by atoms with Gasteiger partial charge < -0.3 is 0 Å². The van der Waals surface area contributed by atoms with Gasteiger partial charge in [-0.05, 0) is 48.7 Å². The topological polar surface area (TPSA) is 66.5 Å². The predicted molar refractivity (Wildman–Crippen MR) is 115 cm³/mol. The molecule has 148 valence electrons. The zero-order valence-electron chi connectivity index (χ0n) is 15.9. The molecule has 4 rings (SSSR count). The van der Waals surface area contributed by atoms with Crippen LogP contribution in [-0.2, 0) is 10.2 Å². The van der Waals surface area contributed by atoms with Crippen LogP contribution in [0.15, 0.2) is 66.7 Å². The number of rotatable bonds is 3. The summed E-state index contributed by atoms with van der Waals surface area (Å²) in [6.07, 6.45) is 0. The first-order valence-electron chi connectivity index (χ1n) is 9.10. The Labute approximate surface area is 175 Å². The van der Waals surface area contributed by atoms with Gasteiger partial charge in [0.25, 0.3) is 5.91 Å². The maximum Gasteiger partial charge on any atom is 0.326 e. The fourth-order valence-corrected chi connectivity index (χ4v) is 5.31. The fourth-order valence-electron chi connectivity index (χ4n) is 3.57. The van der Waals surface area contributed by atoms with Crippen molar-refractivity contribution in [2.45, 2.75) is 19.9 Å². The molecule has 0 saturated heterocycles. The first-order chi connectivity index (χ1) is 13.8. The van der Waals surface area contributed by atoms with Gasteiger partial charge in [0.05, 0.1) is 17.3 Å². The molecule has 1 unspecified atom stereocenters. The minimum Gasteiger partial charge on any atom is -0.268 e. The van der Waals surface area contributed by atoms with E-state index in [1.807, 2.05) is 55.5 Å². The summed E-state index contributed by atoms with van der Waals surface area (Å²) in [5.74, 6) is -0.651. The molecule has 7 heteroatoms. The third-order valence-corrected chi connectivity index (χ3v) is 6.82. The lowest BCUT2D eigenvalue weighted by Gasteiger charge is -2.35. The van der Waals surface area contributed by atoms with Crippen molar-refractivity contribution in [3.8, 4) is 11.1 Å². The Morgan fingerprint density at radius 1 is 0.966 bits per heavy atom. The van der Waals surface area contributed by atoms with Gasteiger partial charge in [0.15, 0.2) is 0 Å². The standard InChI is InChI=1S/C22H19ClN2O3S/c1-14-8-10-18(20(23)12-14)17-9-11-21-19(13-17)22(26)24-29(27,28)25(21)15(2)16-6-4-3-5-7-16/h3-13,15H,1-2H3,(H,24,26). The second kappa shape index (κ2) is 7.21. The van der Waals surface area contributed by atoms with Gasteiger partial charge in [0.2, 0.25) is 0 Å². The van der Waals surface area contributed by atoms with Crippen LogP contribution in [0, 0.1) is 6.92 Å². The molecule has 0 fully saturated rings. The van der Waals surface area contributed by atoms with Crippen LogP contribution in [0.2, 0.25) is 5.02 Å². The van der Waals surface area contributed by atoms with Crippen molar-refractivity contribution in [2.24, 2.45) is 0 Å². The highest BCUT2D eigenvalue weighted by Gasteiger charge is 2.38. The number of anilines is 1. The third kappa shape index (κ3) is 3.50. The molecule has 1 amide bonds. The lowest BCUT2D eigenvalue weighted by molar-refractivity contribution is 0.0979. The van der Waals surface area contributed by atoms with Crippen LogP contribution < -0.4 is 9.03 Å². The summed E-state index contributed by atoms with van der Waals surface area (Å²) in [4.78, 5) is 12.6. The first-order valence-corrected chi connectivity index (χ1v) is 10.9. The van der Waals surface area contributed by atoms with Crippen LogP contribution in [0.25, 0.3) is 11.1 Å². The van der Waals surface area contributed by atoms with Gasteiger partial charge in [-0.1, -0.05) is 60.1 Å². The molecule has 0 bridgehead atoms. The van der Waals surface area contributed by atoms with Gasteiger partial charge in [-0.25, -0.2) is 9.03 Å². The van der Waals surface area contributed by atoms with Gasteiger partial charge in [-0.3, -0.25) is 4.79 Å². The van der Waals surface area contributed by atoms with Crippen LogP contribution in [0.1, 0.15) is 34.5 Å². The number of amides is 1. The van der Waals surface area contributed by atoms with E-state index in [4.69, 9.17) is 11.6 Å². The van der Waals surface area contributed by atoms with Crippen molar-refractivity contribution < 1.29 is 13.2 Å². The summed E-state index contributed by atoms with van der Waals surface area (Å²) >= 11 is 6.38. The van der Waals surface area contributed by atoms with E-state index < -0.39 is 22.2 Å². The maximum absolute atomic E-state index is 12.8. The molecular weight excluding hydrogens is 408 g/mol. The third-order valence-electron chi connectivity index (χ3n) is 5.03. The van der Waals surface area contributed by atoms with Gasteiger partial charge in [0, 0.05) is 10.6 Å². The van der Waals surface area contributed by atoms with E-state index in [1.54, 1.807) is 25.1 Å². The van der Waals surface area contributed by atoms with Gasteiger partial charge >= 0.3 is 10.2 Å². The Balaban J connectivity index is 1.85. The van der Waals surface area contributed by atoms with Crippen LogP contribution in [0.5, 0.6) is 0 Å². The number of hydrogen-bond donors (Lipinski definition) is 1. The molecular formula is C22H19ClN2O3S. The van der Waals surface area contributed by atoms with E-state index in [0.717, 1.165) is 22.3 Å². The van der Waals surface area contributed by atoms with Crippen LogP contribution in [-0.4, -0.2) is 14.3 Å². The minimum absolute atomic E-state index is 0.289. The van der Waals surface area contributed by atoms with Gasteiger partial charge in [-0.2, -0.15) is 8.42 Å². The lowest BCUT2D eigenvalue weighted by Crippen LogP contribution is -2.49. The summed E-state index contributed by atoms with van der Waals surface area (Å²) in [6.45, 7) is 3.74. The van der Waals surface area contributed by atoms with E-state index in [2.05, 4.69) is 4.72 Å². The van der Waals surface area contributed by atoms with E-state index in [0.29, 0.717) is 10.7 Å². The minimum atomic E-state index is -4.02. The predicted octanol–water partition coefficient (Wildman–Crippen LogP) is 4.87. The van der Waals surface area contributed by atoms with Crippen molar-refractivity contribution in [3.63, 3.8) is 0 Å². The Bertz CT molecular complexity index is 1210. The average molecular weight is 427 g/mol. The quantitative estimate of drug-likeness (QED) is 0.649. The van der Waals surface area contributed by atoms with E-state index in [1.165, 1.54) is 4.31 Å². The maximum atomic E-state index is 12.8. The highest BCUT2D eigenvalue weighted by atomic mass is 35.5. The van der Waals surface area contributed by atoms with Crippen molar-refractivity contribution in [1.82, 2.24) is 4.72 Å². The molecule has 29 heavy (non-hydrogen) atoms. The molecule has 0 spiro atoms. The summed E-state index contributed by atoms with van der Waals surface area (Å²) in [6, 6.07) is 19.6. The Kier molecular flexibility index (Phi) is 4.84. The highest BCUT2D eigenvalue weighted by Crippen LogP contribution is 2.38. The Hall–Kier alpha value is -2.83. The monoisotopic (exact) mass is 426 g/mol. The summed E-state index contributed by atoms with van der Waals surface area (Å²) < 4.78 is 29.0. The normalized spacial score (nSPS) is 16.1. The molecule has 3 aromatic carbocycles. The molecule has 1 atom stereocenters. The molecule has 1 heterocycles. The molecule has 0 radical (unpaired) electrons. The number of halogens is 1. The van der Waals surface area contributed by atoms with Crippen molar-refractivity contribution in [1.29, 1.82) is 0 Å². The second-order valence-corrected chi connectivity index (χ2v) is 8.99. The van der Waals surface area contributed by atoms with Gasteiger partial charge in [-0.15, -0.1) is 0 Å². The van der Waals surface area contributed by atoms with Crippen molar-refractivity contribution >= 4 is 33.4 Å². The van der Waals surface area contributed by atoms with E-state index >= 15 is 0 Å². The molecule has 1 aliphatic heterocycles. The van der Waals surface area contributed by atoms with E-state index in [9.17, 15) is 13.2 Å². The molecule has 0 saturated carbocycles. The smallest absolute Gasteiger partial charge is 0.268 e. The zero-order chi connectivity index (χ0) is 20.8. The molecule has 0 aromatic heterocycles. The number of nitrogens with zero attached hydrogens (tertiary/aromatic N) is 1. The number of carbonyl (C=O) groups is 1. The Morgan fingerprint density at radius 3 is 2.38 bits per heavy atom. The largest absolute Gasteiger partial charge is 0.326 e. The van der Waals surface area contributed by atoms with Gasteiger partial charge in [0.1, 0.15) is 0 Å². The fraction of sp³-hybridized carbons (Fsp3) is 0.136. The molecule has 1 aliphatic rings. The molecule has 3 aromatic rings. The number of benzene rings is 3. The van der Waals surface area contributed by atoms with Crippen LogP contribution in [0.4, 0.5) is 5.69 Å². The number of hydrogen-bond acceptors (Lipinski definition) is 3. The van der Waals surface area contributed by atoms with Crippen molar-refractivity contribution in [2.75, 3.05) is 4.31 Å². The summed E-state index contributed by atoms with van der Waals surface area (Å²) in [5, 5.41) is 0.572. The van der Waals surface area contributed by atoms with Crippen molar-refractivity contribution in [3.05, 3.63) is 88.4 Å². The molecule has 0 aliphatic carbocycles. The lowest BCUT2D eigenvalue weighted by atomic mass is 9.99. The highest BCUT2D eigenvalue weighted by molar-refractivity contribution is 7.91. The van der Waals surface area contributed by atoms with Crippen LogP contribution >= 0.6 is 11.6 Å².